The van der Waals surface area contributed by atoms with E-state index in [0.717, 1.165) is 17.8 Å². The van der Waals surface area contributed by atoms with Gasteiger partial charge in [0.1, 0.15) is 5.82 Å². The average molecular weight is 301 g/mol. The number of carbonyl (C=O) groups is 1. The van der Waals surface area contributed by atoms with E-state index in [4.69, 9.17) is 0 Å². The molecular weight excluding hydrogens is 282 g/mol. The number of benzene rings is 1. The quantitative estimate of drug-likeness (QED) is 0.654. The number of rotatable bonds is 6. The molecule has 0 aliphatic heterocycles. The van der Waals surface area contributed by atoms with E-state index in [0.29, 0.717) is 11.1 Å². The number of Topliss-reactive ketones (excluding diaryl/α,β-unsaturated/α-hetero) is 1. The molecule has 3 rings (SSSR count). The van der Waals surface area contributed by atoms with Gasteiger partial charge in [-0.3, -0.25) is 9.89 Å². The van der Waals surface area contributed by atoms with Crippen LogP contribution in [0.25, 0.3) is 0 Å². The second kappa shape index (κ2) is 6.02. The molecule has 1 N–H and O–H groups in total. The number of nitrogens with zero attached hydrogens (tertiary/aromatic N) is 2. The molecule has 1 saturated carbocycles. The number of aryl methyl sites for hydroxylation is 1. The van der Waals surface area contributed by atoms with Crippen LogP contribution in [-0.2, 0) is 6.42 Å². The summed E-state index contributed by atoms with van der Waals surface area (Å²) in [5, 5.41) is 7.66. The van der Waals surface area contributed by atoms with E-state index < -0.39 is 0 Å². The molecule has 1 aliphatic carbocycles. The first-order valence-electron chi connectivity index (χ1n) is 7.39. The summed E-state index contributed by atoms with van der Waals surface area (Å²) in [6.45, 7) is 4.02. The summed E-state index contributed by atoms with van der Waals surface area (Å²) in [7, 11) is 0. The molecule has 1 atom stereocenters. The van der Waals surface area contributed by atoms with Gasteiger partial charge in [0, 0.05) is 11.5 Å². The van der Waals surface area contributed by atoms with E-state index in [9.17, 15) is 4.79 Å². The Hall–Kier alpha value is -1.62. The van der Waals surface area contributed by atoms with Crippen molar-refractivity contribution in [2.45, 2.75) is 49.4 Å². The summed E-state index contributed by atoms with van der Waals surface area (Å²) in [5.74, 6) is 1.64. The second-order valence-corrected chi connectivity index (χ2v) is 6.76. The highest BCUT2D eigenvalue weighted by Gasteiger charge is 2.28. The first-order chi connectivity index (χ1) is 10.2. The SMILES string of the molecule is CCc1ccc(C(=O)[C@@H](C)Sc2n[nH]c(C3CC3)n2)cc1. The number of carbonyl (C=O) groups excluding carboxylic acids is 1. The van der Waals surface area contributed by atoms with E-state index in [-0.39, 0.29) is 11.0 Å². The maximum absolute atomic E-state index is 12.4. The van der Waals surface area contributed by atoms with Gasteiger partial charge in [-0.1, -0.05) is 43.0 Å². The Morgan fingerprint density at radius 2 is 2.10 bits per heavy atom. The lowest BCUT2D eigenvalue weighted by molar-refractivity contribution is 0.0994. The molecule has 0 unspecified atom stereocenters. The molecule has 4 nitrogen and oxygen atoms in total. The number of aromatic nitrogens is 3. The Morgan fingerprint density at radius 3 is 2.71 bits per heavy atom. The van der Waals surface area contributed by atoms with Gasteiger partial charge in [-0.05, 0) is 31.7 Å². The fourth-order valence-electron chi connectivity index (χ4n) is 2.20. The van der Waals surface area contributed by atoms with E-state index >= 15 is 0 Å². The predicted octanol–water partition coefficient (Wildman–Crippen LogP) is 3.61. The van der Waals surface area contributed by atoms with Gasteiger partial charge in [-0.25, -0.2) is 4.98 Å². The Labute approximate surface area is 128 Å². The highest BCUT2D eigenvalue weighted by Crippen LogP contribution is 2.38. The molecule has 0 amide bonds. The number of hydrogen-bond donors (Lipinski definition) is 1. The summed E-state index contributed by atoms with van der Waals surface area (Å²) >= 11 is 1.42. The van der Waals surface area contributed by atoms with Crippen LogP contribution in [-0.4, -0.2) is 26.2 Å². The van der Waals surface area contributed by atoms with Gasteiger partial charge >= 0.3 is 0 Å². The number of H-pyrrole nitrogens is 1. The molecule has 1 aromatic heterocycles. The molecule has 2 aromatic rings. The molecule has 1 aliphatic rings. The molecule has 1 aromatic carbocycles. The summed E-state index contributed by atoms with van der Waals surface area (Å²) in [5.41, 5.74) is 2.00. The molecule has 0 spiro atoms. The first kappa shape index (κ1) is 14.3. The molecule has 0 radical (unpaired) electrons. The lowest BCUT2D eigenvalue weighted by Crippen LogP contribution is -2.13. The molecule has 1 fully saturated rings. The van der Waals surface area contributed by atoms with Crippen LogP contribution < -0.4 is 0 Å². The van der Waals surface area contributed by atoms with Gasteiger partial charge in [0.15, 0.2) is 5.78 Å². The maximum atomic E-state index is 12.4. The minimum Gasteiger partial charge on any atom is -0.293 e. The monoisotopic (exact) mass is 301 g/mol. The van der Waals surface area contributed by atoms with Gasteiger partial charge in [0.05, 0.1) is 5.25 Å². The first-order valence-corrected chi connectivity index (χ1v) is 8.27. The van der Waals surface area contributed by atoms with Crippen LogP contribution in [0.2, 0.25) is 0 Å². The lowest BCUT2D eigenvalue weighted by atomic mass is 10.1. The van der Waals surface area contributed by atoms with E-state index in [1.807, 2.05) is 31.2 Å². The van der Waals surface area contributed by atoms with Crippen LogP contribution in [0.5, 0.6) is 0 Å². The van der Waals surface area contributed by atoms with E-state index in [1.54, 1.807) is 0 Å². The third-order valence-corrected chi connectivity index (χ3v) is 4.71. The maximum Gasteiger partial charge on any atom is 0.209 e. The van der Waals surface area contributed by atoms with Crippen molar-refractivity contribution >= 4 is 17.5 Å². The topological polar surface area (TPSA) is 58.6 Å². The highest BCUT2D eigenvalue weighted by molar-refractivity contribution is 8.00. The fraction of sp³-hybridized carbons (Fsp3) is 0.438. The normalized spacial score (nSPS) is 15.9. The third-order valence-electron chi connectivity index (χ3n) is 3.74. The van der Waals surface area contributed by atoms with Crippen LogP contribution in [0.4, 0.5) is 0 Å². The lowest BCUT2D eigenvalue weighted by Gasteiger charge is -2.08. The number of thioether (sulfide) groups is 1. The summed E-state index contributed by atoms with van der Waals surface area (Å²) in [6, 6.07) is 7.85. The van der Waals surface area contributed by atoms with Crippen LogP contribution in [0.15, 0.2) is 29.4 Å². The Kier molecular flexibility index (Phi) is 4.10. The molecule has 21 heavy (non-hydrogen) atoms. The molecular formula is C16H19N3OS. The fourth-order valence-corrected chi connectivity index (χ4v) is 3.01. The zero-order valence-corrected chi connectivity index (χ0v) is 13.1. The number of hydrogen-bond acceptors (Lipinski definition) is 4. The minimum absolute atomic E-state index is 0.125. The van der Waals surface area contributed by atoms with Gasteiger partial charge in [0.25, 0.3) is 0 Å². The largest absolute Gasteiger partial charge is 0.293 e. The predicted molar refractivity (Wildman–Crippen MR) is 83.8 cm³/mol. The van der Waals surface area contributed by atoms with Crippen LogP contribution in [0, 0.1) is 0 Å². The average Bonchev–Trinajstić information content (AvgIpc) is 3.27. The van der Waals surface area contributed by atoms with Crippen molar-refractivity contribution in [2.24, 2.45) is 0 Å². The van der Waals surface area contributed by atoms with Crippen molar-refractivity contribution in [3.05, 3.63) is 41.2 Å². The van der Waals surface area contributed by atoms with Crippen molar-refractivity contribution < 1.29 is 4.79 Å². The third kappa shape index (κ3) is 3.35. The molecule has 110 valence electrons. The van der Waals surface area contributed by atoms with Gasteiger partial charge in [-0.15, -0.1) is 5.10 Å². The molecule has 0 saturated heterocycles. The highest BCUT2D eigenvalue weighted by atomic mass is 32.2. The van der Waals surface area contributed by atoms with Crippen LogP contribution in [0.3, 0.4) is 0 Å². The van der Waals surface area contributed by atoms with E-state index in [1.165, 1.54) is 30.2 Å². The smallest absolute Gasteiger partial charge is 0.209 e. The van der Waals surface area contributed by atoms with E-state index in [2.05, 4.69) is 22.1 Å². The Bertz CT molecular complexity index is 631. The van der Waals surface area contributed by atoms with Crippen molar-refractivity contribution in [3.63, 3.8) is 0 Å². The minimum atomic E-state index is -0.180. The van der Waals surface area contributed by atoms with Crippen LogP contribution in [0.1, 0.15) is 54.4 Å². The van der Waals surface area contributed by atoms with Gasteiger partial charge in [-0.2, -0.15) is 0 Å². The standard InChI is InChI=1S/C16H19N3OS/c1-3-11-4-6-12(7-5-11)14(20)10(2)21-16-17-15(18-19-16)13-8-9-13/h4-7,10,13H,3,8-9H2,1-2H3,(H,17,18,19)/t10-/m1/s1. The Balaban J connectivity index is 1.65. The zero-order valence-electron chi connectivity index (χ0n) is 12.3. The Morgan fingerprint density at radius 1 is 1.38 bits per heavy atom. The summed E-state index contributed by atoms with van der Waals surface area (Å²) < 4.78 is 0. The molecule has 5 heteroatoms. The number of ketones is 1. The molecule has 1 heterocycles. The van der Waals surface area contributed by atoms with Gasteiger partial charge < -0.3 is 0 Å². The number of nitrogens with one attached hydrogen (secondary N) is 1. The van der Waals surface area contributed by atoms with Crippen molar-refractivity contribution in [3.8, 4) is 0 Å². The molecule has 0 bridgehead atoms. The summed E-state index contributed by atoms with van der Waals surface area (Å²) in [4.78, 5) is 16.9. The van der Waals surface area contributed by atoms with Gasteiger partial charge in [0.2, 0.25) is 5.16 Å². The number of aromatic amines is 1. The van der Waals surface area contributed by atoms with Crippen molar-refractivity contribution in [2.75, 3.05) is 0 Å². The second-order valence-electron chi connectivity index (χ2n) is 5.45. The van der Waals surface area contributed by atoms with Crippen LogP contribution >= 0.6 is 11.8 Å². The van der Waals surface area contributed by atoms with Crippen molar-refractivity contribution in [1.29, 1.82) is 0 Å². The summed E-state index contributed by atoms with van der Waals surface area (Å²) in [6.07, 6.45) is 3.37. The zero-order chi connectivity index (χ0) is 14.8. The van der Waals surface area contributed by atoms with Crippen molar-refractivity contribution in [1.82, 2.24) is 15.2 Å².